The third-order valence-electron chi connectivity index (χ3n) is 4.70. The minimum absolute atomic E-state index is 0.379. The van der Waals surface area contributed by atoms with Crippen LogP contribution in [-0.4, -0.2) is 57.3 Å². The summed E-state index contributed by atoms with van der Waals surface area (Å²) in [7, 11) is 0. The molecule has 0 radical (unpaired) electrons. The molecule has 2 heterocycles. The van der Waals surface area contributed by atoms with Crippen molar-refractivity contribution < 1.29 is 0 Å². The Kier molecular flexibility index (Phi) is 7.46. The minimum Gasteiger partial charge on any atom is -0.314 e. The zero-order valence-electron chi connectivity index (χ0n) is 15.0. The first kappa shape index (κ1) is 18.1. The first-order valence-corrected chi connectivity index (χ1v) is 9.41. The van der Waals surface area contributed by atoms with Crippen LogP contribution in [0.1, 0.15) is 17.2 Å². The van der Waals surface area contributed by atoms with Crippen LogP contribution in [0.2, 0.25) is 0 Å². The Morgan fingerprint density at radius 1 is 0.560 bits per heavy atom. The number of nitrogens with zero attached hydrogens (tertiary/aromatic N) is 1. The molecule has 0 bridgehead atoms. The number of piperazine rings is 2. The van der Waals surface area contributed by atoms with Gasteiger partial charge in [0.1, 0.15) is 0 Å². The fourth-order valence-electron chi connectivity index (χ4n) is 3.43. The fraction of sp³-hybridized carbons (Fsp3) is 0.429. The van der Waals surface area contributed by atoms with Crippen molar-refractivity contribution in [3.63, 3.8) is 0 Å². The fourth-order valence-corrected chi connectivity index (χ4v) is 3.43. The van der Waals surface area contributed by atoms with E-state index in [1.165, 1.54) is 11.1 Å². The van der Waals surface area contributed by atoms with E-state index >= 15 is 0 Å². The van der Waals surface area contributed by atoms with Crippen LogP contribution in [-0.2, 0) is 0 Å². The molecule has 4 nitrogen and oxygen atoms in total. The van der Waals surface area contributed by atoms with Crippen LogP contribution < -0.4 is 16.0 Å². The van der Waals surface area contributed by atoms with E-state index in [0.29, 0.717) is 6.04 Å². The van der Waals surface area contributed by atoms with E-state index in [1.807, 2.05) is 0 Å². The molecule has 4 rings (SSSR count). The van der Waals surface area contributed by atoms with E-state index in [0.717, 1.165) is 52.4 Å². The van der Waals surface area contributed by atoms with Gasteiger partial charge in [-0.25, -0.2) is 0 Å². The second-order valence-electron chi connectivity index (χ2n) is 6.51. The molecule has 0 unspecified atom stereocenters. The van der Waals surface area contributed by atoms with Gasteiger partial charge in [-0.15, -0.1) is 0 Å². The summed E-state index contributed by atoms with van der Waals surface area (Å²) in [5.74, 6) is 0. The van der Waals surface area contributed by atoms with Crippen LogP contribution >= 0.6 is 0 Å². The SMILES string of the molecule is C1CNCCN1.c1ccc(C(c2ccccc2)N2CCNCC2)cc1. The lowest BCUT2D eigenvalue weighted by atomic mass is 9.96. The second kappa shape index (κ2) is 10.3. The Morgan fingerprint density at radius 2 is 0.960 bits per heavy atom. The highest BCUT2D eigenvalue weighted by Crippen LogP contribution is 2.28. The normalized spacial score (nSPS) is 18.4. The van der Waals surface area contributed by atoms with Gasteiger partial charge in [-0.2, -0.15) is 0 Å². The predicted octanol–water partition coefficient (Wildman–Crippen LogP) is 1.86. The van der Waals surface area contributed by atoms with Gasteiger partial charge in [-0.3, -0.25) is 4.90 Å². The minimum atomic E-state index is 0.379. The molecule has 134 valence electrons. The zero-order chi connectivity index (χ0) is 17.2. The Morgan fingerprint density at radius 3 is 1.36 bits per heavy atom. The molecule has 2 aliphatic heterocycles. The van der Waals surface area contributed by atoms with Crippen molar-refractivity contribution in [3.8, 4) is 0 Å². The summed E-state index contributed by atoms with van der Waals surface area (Å²) in [6.07, 6.45) is 0. The zero-order valence-corrected chi connectivity index (χ0v) is 15.0. The molecular formula is C21H30N4. The summed E-state index contributed by atoms with van der Waals surface area (Å²) in [4.78, 5) is 2.57. The van der Waals surface area contributed by atoms with Gasteiger partial charge in [-0.05, 0) is 11.1 Å². The van der Waals surface area contributed by atoms with Crippen LogP contribution in [0.25, 0.3) is 0 Å². The first-order valence-electron chi connectivity index (χ1n) is 9.41. The molecule has 2 aromatic carbocycles. The van der Waals surface area contributed by atoms with Gasteiger partial charge in [-0.1, -0.05) is 60.7 Å². The van der Waals surface area contributed by atoms with Gasteiger partial charge in [0.2, 0.25) is 0 Å². The Bertz CT molecular complexity index is 526. The van der Waals surface area contributed by atoms with Gasteiger partial charge in [0.05, 0.1) is 6.04 Å². The van der Waals surface area contributed by atoms with Gasteiger partial charge in [0.15, 0.2) is 0 Å². The summed E-state index contributed by atoms with van der Waals surface area (Å²) >= 11 is 0. The largest absolute Gasteiger partial charge is 0.314 e. The Hall–Kier alpha value is -1.72. The monoisotopic (exact) mass is 338 g/mol. The van der Waals surface area contributed by atoms with Crippen LogP contribution in [0.4, 0.5) is 0 Å². The highest BCUT2D eigenvalue weighted by atomic mass is 15.2. The molecule has 0 atom stereocenters. The quantitative estimate of drug-likeness (QED) is 0.799. The maximum absolute atomic E-state index is 3.43. The molecule has 3 N–H and O–H groups in total. The van der Waals surface area contributed by atoms with Crippen molar-refractivity contribution in [2.75, 3.05) is 52.4 Å². The molecule has 2 fully saturated rings. The molecule has 2 saturated heterocycles. The topological polar surface area (TPSA) is 39.3 Å². The van der Waals surface area contributed by atoms with Crippen molar-refractivity contribution in [2.24, 2.45) is 0 Å². The number of nitrogens with one attached hydrogen (secondary N) is 3. The van der Waals surface area contributed by atoms with Gasteiger partial charge < -0.3 is 16.0 Å². The maximum atomic E-state index is 3.43. The van der Waals surface area contributed by atoms with Crippen LogP contribution in [0.3, 0.4) is 0 Å². The average molecular weight is 338 g/mol. The van der Waals surface area contributed by atoms with Gasteiger partial charge in [0.25, 0.3) is 0 Å². The van der Waals surface area contributed by atoms with Gasteiger partial charge in [0, 0.05) is 52.4 Å². The lowest BCUT2D eigenvalue weighted by Crippen LogP contribution is -2.45. The molecule has 2 aromatic rings. The van der Waals surface area contributed by atoms with E-state index in [-0.39, 0.29) is 0 Å². The molecule has 0 aliphatic carbocycles. The summed E-state index contributed by atoms with van der Waals surface area (Å²) in [5.41, 5.74) is 2.77. The molecule has 0 aromatic heterocycles. The van der Waals surface area contributed by atoms with E-state index in [2.05, 4.69) is 81.5 Å². The molecule has 0 spiro atoms. The number of hydrogen-bond donors (Lipinski definition) is 3. The van der Waals surface area contributed by atoms with Crippen molar-refractivity contribution in [2.45, 2.75) is 6.04 Å². The first-order chi connectivity index (χ1) is 12.4. The Balaban J connectivity index is 0.000000258. The second-order valence-corrected chi connectivity index (χ2v) is 6.51. The van der Waals surface area contributed by atoms with Crippen molar-refractivity contribution in [3.05, 3.63) is 71.8 Å². The highest BCUT2D eigenvalue weighted by molar-refractivity contribution is 5.31. The molecule has 4 heteroatoms. The average Bonchev–Trinajstić information content (AvgIpc) is 2.72. The van der Waals surface area contributed by atoms with Crippen LogP contribution in [0.5, 0.6) is 0 Å². The molecule has 0 amide bonds. The third-order valence-corrected chi connectivity index (χ3v) is 4.70. The van der Waals surface area contributed by atoms with Crippen molar-refractivity contribution in [1.29, 1.82) is 0 Å². The lowest BCUT2D eigenvalue weighted by molar-refractivity contribution is 0.198. The summed E-state index contributed by atoms with van der Waals surface area (Å²) in [6.45, 7) is 8.93. The molecule has 2 aliphatic rings. The highest BCUT2D eigenvalue weighted by Gasteiger charge is 2.23. The smallest absolute Gasteiger partial charge is 0.0602 e. The number of benzene rings is 2. The van der Waals surface area contributed by atoms with Crippen LogP contribution in [0, 0.1) is 0 Å². The standard InChI is InChI=1S/C17H20N2.C4H10N2/c1-3-7-15(8-4-1)17(16-9-5-2-6-10-16)19-13-11-18-12-14-19;1-2-6-4-3-5-1/h1-10,17-18H,11-14H2;5-6H,1-4H2. The molecule has 25 heavy (non-hydrogen) atoms. The maximum Gasteiger partial charge on any atom is 0.0602 e. The van der Waals surface area contributed by atoms with E-state index in [1.54, 1.807) is 0 Å². The van der Waals surface area contributed by atoms with E-state index < -0.39 is 0 Å². The number of hydrogen-bond acceptors (Lipinski definition) is 4. The van der Waals surface area contributed by atoms with E-state index in [9.17, 15) is 0 Å². The van der Waals surface area contributed by atoms with Crippen molar-refractivity contribution in [1.82, 2.24) is 20.9 Å². The van der Waals surface area contributed by atoms with E-state index in [4.69, 9.17) is 0 Å². The Labute approximate surface area is 151 Å². The van der Waals surface area contributed by atoms with Crippen LogP contribution in [0.15, 0.2) is 60.7 Å². The molecule has 0 saturated carbocycles. The summed E-state index contributed by atoms with van der Waals surface area (Å²) in [5, 5.41) is 9.88. The lowest BCUT2D eigenvalue weighted by Gasteiger charge is -2.35. The molecular weight excluding hydrogens is 308 g/mol. The predicted molar refractivity (Wildman–Crippen MR) is 105 cm³/mol. The summed E-state index contributed by atoms with van der Waals surface area (Å²) < 4.78 is 0. The van der Waals surface area contributed by atoms with Crippen molar-refractivity contribution >= 4 is 0 Å². The summed E-state index contributed by atoms with van der Waals surface area (Å²) in [6, 6.07) is 22.0. The number of rotatable bonds is 3. The van der Waals surface area contributed by atoms with Gasteiger partial charge >= 0.3 is 0 Å². The third kappa shape index (κ3) is 5.65.